The maximum absolute atomic E-state index is 13.6. The molecule has 30 heavy (non-hydrogen) atoms. The minimum atomic E-state index is -0.586. The molecule has 0 radical (unpaired) electrons. The van der Waals surface area contributed by atoms with Gasteiger partial charge in [-0.3, -0.25) is 4.79 Å². The number of aliphatic hydroxyl groups is 2. The minimum absolute atomic E-state index is 0.0143. The number of carbonyl (C=O) groups is 1. The SMILES string of the molecule is CC.CC(C)(O)CCC[C@H]1CCC2C3CC=C4CC(O)CCC4(C)C3C(=O)CC21C. The van der Waals surface area contributed by atoms with Gasteiger partial charge in [0.05, 0.1) is 11.7 Å². The normalized spacial score (nSPS) is 43.0. The van der Waals surface area contributed by atoms with Gasteiger partial charge in [-0.05, 0) is 93.8 Å². The van der Waals surface area contributed by atoms with Gasteiger partial charge in [0.15, 0.2) is 0 Å². The van der Waals surface area contributed by atoms with Crippen molar-refractivity contribution in [3.8, 4) is 0 Å². The molecule has 3 fully saturated rings. The zero-order valence-corrected chi connectivity index (χ0v) is 20.3. The van der Waals surface area contributed by atoms with E-state index in [0.29, 0.717) is 23.5 Å². The van der Waals surface area contributed by atoms with E-state index in [1.165, 1.54) is 18.4 Å². The van der Waals surface area contributed by atoms with Crippen molar-refractivity contribution in [2.45, 2.75) is 117 Å². The number of aliphatic hydroxyl groups excluding tert-OH is 1. The van der Waals surface area contributed by atoms with Gasteiger partial charge in [0.1, 0.15) is 5.78 Å². The lowest BCUT2D eigenvalue weighted by molar-refractivity contribution is -0.144. The maximum atomic E-state index is 13.6. The number of carbonyl (C=O) groups excluding carboxylic acids is 1. The Bertz CT molecular complexity index is 660. The molecule has 0 spiro atoms. The van der Waals surface area contributed by atoms with Crippen LogP contribution in [0.3, 0.4) is 0 Å². The summed E-state index contributed by atoms with van der Waals surface area (Å²) in [4.78, 5) is 13.6. The van der Waals surface area contributed by atoms with Gasteiger partial charge in [-0.2, -0.15) is 0 Å². The molecule has 0 amide bonds. The molecule has 172 valence electrons. The van der Waals surface area contributed by atoms with Crippen molar-refractivity contribution >= 4 is 5.78 Å². The average Bonchev–Trinajstić information content (AvgIpc) is 2.98. The van der Waals surface area contributed by atoms with Gasteiger partial charge in [-0.25, -0.2) is 0 Å². The summed E-state index contributed by atoms with van der Waals surface area (Å²) >= 11 is 0. The van der Waals surface area contributed by atoms with E-state index in [1.54, 1.807) is 0 Å². The van der Waals surface area contributed by atoms with Crippen LogP contribution in [0.25, 0.3) is 0 Å². The van der Waals surface area contributed by atoms with E-state index in [4.69, 9.17) is 0 Å². The second kappa shape index (κ2) is 8.70. The summed E-state index contributed by atoms with van der Waals surface area (Å²) < 4.78 is 0. The van der Waals surface area contributed by atoms with Crippen LogP contribution < -0.4 is 0 Å². The highest BCUT2D eigenvalue weighted by Crippen LogP contribution is 2.65. The van der Waals surface area contributed by atoms with Gasteiger partial charge < -0.3 is 10.2 Å². The fraction of sp³-hybridized carbons (Fsp3) is 0.889. The Kier molecular flexibility index (Phi) is 6.95. The van der Waals surface area contributed by atoms with E-state index >= 15 is 0 Å². The smallest absolute Gasteiger partial charge is 0.137 e. The predicted octanol–water partition coefficient (Wildman–Crippen LogP) is 6.07. The number of ketones is 1. The number of hydrogen-bond acceptors (Lipinski definition) is 3. The van der Waals surface area contributed by atoms with Crippen LogP contribution in [0.5, 0.6) is 0 Å². The van der Waals surface area contributed by atoms with Gasteiger partial charge >= 0.3 is 0 Å². The van der Waals surface area contributed by atoms with E-state index in [9.17, 15) is 15.0 Å². The summed E-state index contributed by atoms with van der Waals surface area (Å²) in [5, 5.41) is 20.2. The van der Waals surface area contributed by atoms with Gasteiger partial charge in [0.2, 0.25) is 0 Å². The molecule has 3 nitrogen and oxygen atoms in total. The van der Waals surface area contributed by atoms with E-state index in [1.807, 2.05) is 27.7 Å². The summed E-state index contributed by atoms with van der Waals surface area (Å²) in [6, 6.07) is 0. The van der Waals surface area contributed by atoms with Gasteiger partial charge in [-0.1, -0.05) is 45.8 Å². The average molecular weight is 419 g/mol. The molecule has 4 aliphatic carbocycles. The Balaban J connectivity index is 0.00000124. The number of allylic oxidation sites excluding steroid dienone is 1. The maximum Gasteiger partial charge on any atom is 0.137 e. The highest BCUT2D eigenvalue weighted by Gasteiger charge is 2.61. The molecule has 0 aromatic carbocycles. The topological polar surface area (TPSA) is 57.5 Å². The number of rotatable bonds is 4. The summed E-state index contributed by atoms with van der Waals surface area (Å²) in [7, 11) is 0. The van der Waals surface area contributed by atoms with Crippen molar-refractivity contribution in [3.05, 3.63) is 11.6 Å². The molecule has 0 heterocycles. The van der Waals surface area contributed by atoms with Crippen molar-refractivity contribution in [2.75, 3.05) is 0 Å². The third-order valence-corrected chi connectivity index (χ3v) is 9.30. The Morgan fingerprint density at radius 2 is 1.87 bits per heavy atom. The van der Waals surface area contributed by atoms with Crippen molar-refractivity contribution in [1.82, 2.24) is 0 Å². The van der Waals surface area contributed by atoms with Crippen molar-refractivity contribution in [2.24, 2.45) is 34.5 Å². The van der Waals surface area contributed by atoms with Crippen LogP contribution in [-0.2, 0) is 4.79 Å². The van der Waals surface area contributed by atoms with E-state index in [0.717, 1.165) is 51.4 Å². The highest BCUT2D eigenvalue weighted by atomic mass is 16.3. The van der Waals surface area contributed by atoms with Crippen molar-refractivity contribution in [3.63, 3.8) is 0 Å². The molecule has 7 atom stereocenters. The Morgan fingerprint density at radius 1 is 1.17 bits per heavy atom. The summed E-state index contributed by atoms with van der Waals surface area (Å²) in [5.41, 5.74) is 0.911. The van der Waals surface area contributed by atoms with Crippen molar-refractivity contribution in [1.29, 1.82) is 0 Å². The van der Waals surface area contributed by atoms with Crippen LogP contribution in [0.2, 0.25) is 0 Å². The number of fused-ring (bicyclic) bond motifs is 5. The molecule has 0 aliphatic heterocycles. The first kappa shape index (κ1) is 24.0. The molecule has 3 heteroatoms. The molecular formula is C27H46O3. The van der Waals surface area contributed by atoms with E-state index in [-0.39, 0.29) is 22.9 Å². The second-order valence-corrected chi connectivity index (χ2v) is 11.7. The molecule has 0 bridgehead atoms. The monoisotopic (exact) mass is 418 g/mol. The van der Waals surface area contributed by atoms with E-state index in [2.05, 4.69) is 19.9 Å². The largest absolute Gasteiger partial charge is 0.393 e. The lowest BCUT2D eigenvalue weighted by Gasteiger charge is -2.57. The molecule has 0 aromatic heterocycles. The Labute approximate surface area is 184 Å². The van der Waals surface area contributed by atoms with Crippen LogP contribution in [0.15, 0.2) is 11.6 Å². The first-order valence-corrected chi connectivity index (χ1v) is 12.7. The zero-order chi connectivity index (χ0) is 22.3. The molecule has 0 aromatic rings. The zero-order valence-electron chi connectivity index (χ0n) is 20.3. The number of hydrogen-bond donors (Lipinski definition) is 2. The van der Waals surface area contributed by atoms with Gasteiger partial charge in [-0.15, -0.1) is 0 Å². The summed E-state index contributed by atoms with van der Waals surface area (Å²) in [5.74, 6) is 2.45. The molecular weight excluding hydrogens is 372 g/mol. The van der Waals surface area contributed by atoms with Crippen LogP contribution in [-0.4, -0.2) is 27.7 Å². The second-order valence-electron chi connectivity index (χ2n) is 11.7. The standard InChI is InChI=1S/C25H40O3.C2H6/c1-23(2,28)12-5-6-16-8-10-20-19-9-7-17-14-18(26)11-13-24(17,3)22(19)21(27)15-25(16,20)4;1-2/h7,16,18-20,22,26,28H,5-6,8-15H2,1-4H3;1-2H3/t16-,18?,19?,20?,22?,24?,25?;/m0./s1. The fourth-order valence-electron chi connectivity index (χ4n) is 7.83. The van der Waals surface area contributed by atoms with Crippen LogP contribution >= 0.6 is 0 Å². The lowest BCUT2D eigenvalue weighted by Crippen LogP contribution is -2.54. The van der Waals surface area contributed by atoms with Gasteiger partial charge in [0, 0.05) is 12.3 Å². The Morgan fingerprint density at radius 3 is 2.53 bits per heavy atom. The third kappa shape index (κ3) is 4.18. The van der Waals surface area contributed by atoms with Crippen LogP contribution in [0.4, 0.5) is 0 Å². The van der Waals surface area contributed by atoms with Crippen molar-refractivity contribution < 1.29 is 15.0 Å². The molecule has 4 aliphatic rings. The molecule has 6 unspecified atom stereocenters. The minimum Gasteiger partial charge on any atom is -0.393 e. The van der Waals surface area contributed by atoms with Crippen LogP contribution in [0.1, 0.15) is 106 Å². The molecule has 4 rings (SSSR count). The molecule has 2 N–H and O–H groups in total. The lowest BCUT2D eigenvalue weighted by atomic mass is 9.47. The predicted molar refractivity (Wildman–Crippen MR) is 123 cm³/mol. The quantitative estimate of drug-likeness (QED) is 0.545. The molecule has 0 saturated heterocycles. The summed E-state index contributed by atoms with van der Waals surface area (Å²) in [6.07, 6.45) is 12.1. The summed E-state index contributed by atoms with van der Waals surface area (Å²) in [6.45, 7) is 12.5. The van der Waals surface area contributed by atoms with E-state index < -0.39 is 5.60 Å². The first-order valence-electron chi connectivity index (χ1n) is 12.7. The third-order valence-electron chi connectivity index (χ3n) is 9.30. The van der Waals surface area contributed by atoms with Gasteiger partial charge in [0.25, 0.3) is 0 Å². The fourth-order valence-corrected chi connectivity index (χ4v) is 7.83. The molecule has 3 saturated carbocycles. The highest BCUT2D eigenvalue weighted by molar-refractivity contribution is 5.85. The Hall–Kier alpha value is -0.670. The number of Topliss-reactive ketones (excluding diaryl/α,β-unsaturated/α-hetero) is 1. The van der Waals surface area contributed by atoms with Crippen LogP contribution in [0, 0.1) is 34.5 Å². The first-order chi connectivity index (χ1) is 14.0.